The highest BCUT2D eigenvalue weighted by Gasteiger charge is 2.82. The van der Waals surface area contributed by atoms with Gasteiger partial charge in [-0.15, -0.1) is 0 Å². The normalized spacial score (nSPS) is 25.8. The Bertz CT molecular complexity index is 1970. The van der Waals surface area contributed by atoms with E-state index in [4.69, 9.17) is 9.47 Å². The summed E-state index contributed by atoms with van der Waals surface area (Å²) < 4.78 is 11.1. The van der Waals surface area contributed by atoms with Crippen molar-refractivity contribution in [2.24, 2.45) is 11.8 Å². The van der Waals surface area contributed by atoms with E-state index in [-0.39, 0.29) is 12.6 Å². The lowest BCUT2D eigenvalue weighted by Gasteiger charge is -2.39. The smallest absolute Gasteiger partial charge is 0.239 e. The number of carbonyl (C=O) groups excluding carboxylic acids is 3. The van der Waals surface area contributed by atoms with Crippen LogP contribution in [0.5, 0.6) is 11.5 Å². The first-order valence-electron chi connectivity index (χ1n) is 15.4. The molecule has 2 amide bonds. The van der Waals surface area contributed by atoms with Crippen molar-refractivity contribution in [3.63, 3.8) is 0 Å². The Morgan fingerprint density at radius 1 is 0.522 bits per heavy atom. The SMILES string of the molecule is O=C1[C@@H]2[C@H](C(=O)N1c1ccc3c(c1)OCO3)[C@]1(c3ccccc3)C(=O)[C@]2(c2ccccc2)C(c2ccccc2)=C1c1ccccc1. The molecule has 2 fully saturated rings. The minimum atomic E-state index is -1.44. The third kappa shape index (κ3) is 3.18. The maximum atomic E-state index is 15.9. The second-order valence-electron chi connectivity index (χ2n) is 12.2. The van der Waals surface area contributed by atoms with E-state index in [1.165, 1.54) is 4.90 Å². The lowest BCUT2D eigenvalue weighted by molar-refractivity contribution is -0.130. The lowest BCUT2D eigenvalue weighted by atomic mass is 9.59. The standard InChI is InChI=1S/C40H27NO5/c42-36-34-35(37(43)41(36)29-21-22-30-31(23-29)46-24-45-30)40(28-19-11-4-12-20-28)33(26-15-7-2-8-16-26)32(25-13-5-1-6-14-25)39(34,38(40)44)27-17-9-3-10-18-27/h1-23,34-35H,24H2/t34-,35+,39-,40-/m1/s1. The number of benzene rings is 5. The third-order valence-corrected chi connectivity index (χ3v) is 10.2. The average Bonchev–Trinajstić information content (AvgIpc) is 3.82. The monoisotopic (exact) mass is 601 g/mol. The van der Waals surface area contributed by atoms with Crippen LogP contribution in [0.4, 0.5) is 5.69 Å². The summed E-state index contributed by atoms with van der Waals surface area (Å²) in [6, 6.07) is 43.9. The van der Waals surface area contributed by atoms with Gasteiger partial charge >= 0.3 is 0 Å². The van der Waals surface area contributed by atoms with Gasteiger partial charge in [-0.25, -0.2) is 4.90 Å². The topological polar surface area (TPSA) is 72.9 Å². The summed E-state index contributed by atoms with van der Waals surface area (Å²) in [4.78, 5) is 47.3. The molecule has 1 saturated carbocycles. The number of fused-ring (bicyclic) bond motifs is 6. The molecule has 0 radical (unpaired) electrons. The summed E-state index contributed by atoms with van der Waals surface area (Å²) in [7, 11) is 0. The maximum Gasteiger partial charge on any atom is 0.239 e. The van der Waals surface area contributed by atoms with E-state index in [0.717, 1.165) is 22.3 Å². The Hall–Kier alpha value is -5.75. The molecular formula is C40H27NO5. The summed E-state index contributed by atoms with van der Waals surface area (Å²) >= 11 is 0. The van der Waals surface area contributed by atoms with Crippen LogP contribution >= 0.6 is 0 Å². The number of Topliss-reactive ketones (excluding diaryl/α,β-unsaturated/α-hetero) is 1. The highest BCUT2D eigenvalue weighted by Crippen LogP contribution is 2.74. The molecule has 5 aromatic rings. The number of anilines is 1. The fourth-order valence-corrected chi connectivity index (χ4v) is 8.61. The van der Waals surface area contributed by atoms with Crippen LogP contribution in [-0.2, 0) is 25.2 Å². The van der Waals surface area contributed by atoms with Gasteiger partial charge in [0.25, 0.3) is 0 Å². The van der Waals surface area contributed by atoms with Crippen molar-refractivity contribution >= 4 is 34.4 Å². The summed E-state index contributed by atoms with van der Waals surface area (Å²) in [5.74, 6) is -1.88. The molecule has 9 rings (SSSR count). The molecule has 0 aromatic heterocycles. The van der Waals surface area contributed by atoms with E-state index < -0.39 is 34.5 Å². The van der Waals surface area contributed by atoms with Crippen LogP contribution in [0, 0.1) is 11.8 Å². The number of carbonyl (C=O) groups is 3. The molecule has 4 atom stereocenters. The number of amides is 2. The Labute approximate surface area is 265 Å². The molecule has 0 spiro atoms. The highest BCUT2D eigenvalue weighted by atomic mass is 16.7. The van der Waals surface area contributed by atoms with Gasteiger partial charge < -0.3 is 9.47 Å². The van der Waals surface area contributed by atoms with Crippen molar-refractivity contribution in [1.29, 1.82) is 0 Å². The van der Waals surface area contributed by atoms with E-state index in [9.17, 15) is 0 Å². The minimum Gasteiger partial charge on any atom is -0.454 e. The zero-order valence-corrected chi connectivity index (χ0v) is 24.6. The number of nitrogens with zero attached hydrogens (tertiary/aromatic N) is 1. The first-order valence-corrected chi connectivity index (χ1v) is 15.4. The Balaban J connectivity index is 1.42. The second-order valence-corrected chi connectivity index (χ2v) is 12.2. The predicted octanol–water partition coefficient (Wildman–Crippen LogP) is 6.60. The first-order chi connectivity index (χ1) is 22.6. The van der Waals surface area contributed by atoms with Gasteiger partial charge in [-0.1, -0.05) is 121 Å². The fraction of sp³-hybridized carbons (Fsp3) is 0.125. The molecule has 4 aliphatic rings. The quantitative estimate of drug-likeness (QED) is 0.212. The zero-order valence-electron chi connectivity index (χ0n) is 24.6. The predicted molar refractivity (Wildman–Crippen MR) is 173 cm³/mol. The largest absolute Gasteiger partial charge is 0.454 e. The first kappa shape index (κ1) is 26.6. The van der Waals surface area contributed by atoms with Crippen LogP contribution in [0.2, 0.25) is 0 Å². The van der Waals surface area contributed by atoms with Gasteiger partial charge in [-0.3, -0.25) is 14.4 Å². The number of allylic oxidation sites excluding steroid dienone is 2. The van der Waals surface area contributed by atoms with Crippen LogP contribution < -0.4 is 14.4 Å². The molecule has 2 aliphatic heterocycles. The third-order valence-electron chi connectivity index (χ3n) is 10.2. The van der Waals surface area contributed by atoms with E-state index in [1.807, 2.05) is 121 Å². The van der Waals surface area contributed by atoms with Gasteiger partial charge in [-0.2, -0.15) is 0 Å². The Kier molecular flexibility index (Phi) is 5.57. The van der Waals surface area contributed by atoms with Crippen LogP contribution in [0.3, 0.4) is 0 Å². The Morgan fingerprint density at radius 2 is 0.957 bits per heavy atom. The van der Waals surface area contributed by atoms with Crippen molar-refractivity contribution in [1.82, 2.24) is 0 Å². The number of ketones is 1. The number of hydrogen-bond donors (Lipinski definition) is 0. The average molecular weight is 602 g/mol. The van der Waals surface area contributed by atoms with Crippen LogP contribution in [0.15, 0.2) is 140 Å². The minimum absolute atomic E-state index is 0.0689. The molecule has 0 unspecified atom stereocenters. The summed E-state index contributed by atoms with van der Waals surface area (Å²) in [5.41, 5.74) is 2.15. The van der Waals surface area contributed by atoms with E-state index in [1.54, 1.807) is 18.2 Å². The van der Waals surface area contributed by atoms with E-state index >= 15 is 14.4 Å². The summed E-state index contributed by atoms with van der Waals surface area (Å²) in [6.45, 7) is 0.0689. The number of ether oxygens (including phenoxy) is 2. The van der Waals surface area contributed by atoms with Crippen molar-refractivity contribution < 1.29 is 23.9 Å². The van der Waals surface area contributed by atoms with Gasteiger partial charge in [0.1, 0.15) is 0 Å². The summed E-state index contributed by atoms with van der Waals surface area (Å²) in [6.07, 6.45) is 0. The molecule has 0 N–H and O–H groups in total. The number of rotatable bonds is 5. The summed E-state index contributed by atoms with van der Waals surface area (Å²) in [5, 5.41) is 0. The number of imide groups is 1. The highest BCUT2D eigenvalue weighted by molar-refractivity contribution is 6.39. The van der Waals surface area contributed by atoms with Crippen molar-refractivity contribution in [2.45, 2.75) is 10.8 Å². The molecule has 2 aliphatic carbocycles. The van der Waals surface area contributed by atoms with Gasteiger partial charge in [0.05, 0.1) is 28.4 Å². The van der Waals surface area contributed by atoms with Crippen molar-refractivity contribution in [3.05, 3.63) is 162 Å². The van der Waals surface area contributed by atoms with Gasteiger partial charge in [-0.05, 0) is 45.5 Å². The van der Waals surface area contributed by atoms with Crippen molar-refractivity contribution in [3.8, 4) is 11.5 Å². The zero-order chi connectivity index (χ0) is 31.0. The second kappa shape index (κ2) is 9.62. The van der Waals surface area contributed by atoms with Crippen molar-refractivity contribution in [2.75, 3.05) is 11.7 Å². The molecule has 2 bridgehead atoms. The van der Waals surface area contributed by atoms with Gasteiger partial charge in [0.2, 0.25) is 18.6 Å². The fourth-order valence-electron chi connectivity index (χ4n) is 8.61. The molecule has 222 valence electrons. The van der Waals surface area contributed by atoms with Gasteiger partial charge in [0, 0.05) is 6.07 Å². The molecule has 6 nitrogen and oxygen atoms in total. The lowest BCUT2D eigenvalue weighted by Crippen LogP contribution is -2.45. The van der Waals surface area contributed by atoms with Crippen LogP contribution in [0.25, 0.3) is 11.1 Å². The van der Waals surface area contributed by atoms with Gasteiger partial charge in [0.15, 0.2) is 17.3 Å². The molecule has 5 aromatic carbocycles. The Morgan fingerprint density at radius 3 is 1.43 bits per heavy atom. The van der Waals surface area contributed by atoms with E-state index in [2.05, 4.69) is 0 Å². The van der Waals surface area contributed by atoms with E-state index in [0.29, 0.717) is 28.3 Å². The van der Waals surface area contributed by atoms with Crippen LogP contribution in [-0.4, -0.2) is 24.4 Å². The molecule has 2 heterocycles. The molecule has 1 saturated heterocycles. The molecule has 6 heteroatoms. The number of hydrogen-bond acceptors (Lipinski definition) is 5. The van der Waals surface area contributed by atoms with Crippen LogP contribution in [0.1, 0.15) is 22.3 Å². The maximum absolute atomic E-state index is 15.9. The molecular weight excluding hydrogens is 574 g/mol. The molecule has 46 heavy (non-hydrogen) atoms.